The Kier molecular flexibility index (Phi) is 3.66. The first kappa shape index (κ1) is 15.6. The zero-order valence-electron chi connectivity index (χ0n) is 13.9. The summed E-state index contributed by atoms with van der Waals surface area (Å²) in [5.74, 6) is -0.0520. The van der Waals surface area contributed by atoms with Gasteiger partial charge in [-0.15, -0.1) is 11.3 Å². The van der Waals surface area contributed by atoms with Crippen LogP contribution in [0.5, 0.6) is 5.75 Å². The maximum Gasteiger partial charge on any atom is 0.278 e. The second kappa shape index (κ2) is 5.86. The van der Waals surface area contributed by atoms with Crippen molar-refractivity contribution in [3.8, 4) is 27.3 Å². The van der Waals surface area contributed by atoms with E-state index in [9.17, 15) is 9.90 Å². The lowest BCUT2D eigenvalue weighted by Crippen LogP contribution is -2.22. The third kappa shape index (κ3) is 2.44. The second-order valence-corrected chi connectivity index (χ2v) is 6.96. The molecule has 0 aliphatic carbocycles. The van der Waals surface area contributed by atoms with Crippen LogP contribution in [0.4, 0.5) is 0 Å². The largest absolute Gasteiger partial charge is 0.505 e. The lowest BCUT2D eigenvalue weighted by Gasteiger charge is -2.10. The van der Waals surface area contributed by atoms with Gasteiger partial charge >= 0.3 is 0 Å². The molecule has 4 rings (SSSR count). The molecule has 2 aromatic carbocycles. The molecule has 2 aromatic heterocycles. The van der Waals surface area contributed by atoms with Gasteiger partial charge in [0.15, 0.2) is 5.75 Å². The molecule has 4 nitrogen and oxygen atoms in total. The minimum absolute atomic E-state index is 0.0520. The summed E-state index contributed by atoms with van der Waals surface area (Å²) in [6.45, 7) is 1.70. The first-order chi connectivity index (χ1) is 12.1. The van der Waals surface area contributed by atoms with Crippen LogP contribution < -0.4 is 5.56 Å². The summed E-state index contributed by atoms with van der Waals surface area (Å²) in [6, 6.07) is 17.9. The summed E-state index contributed by atoms with van der Waals surface area (Å²) in [5, 5.41) is 15.7. The smallest absolute Gasteiger partial charge is 0.278 e. The average Bonchev–Trinajstić information content (AvgIpc) is 3.01. The average molecular weight is 348 g/mol. The van der Waals surface area contributed by atoms with Crippen molar-refractivity contribution in [1.29, 1.82) is 0 Å². The molecule has 0 saturated carbocycles. The van der Waals surface area contributed by atoms with Gasteiger partial charge in [0.1, 0.15) is 5.69 Å². The van der Waals surface area contributed by atoms with E-state index < -0.39 is 0 Å². The van der Waals surface area contributed by atoms with Crippen molar-refractivity contribution < 1.29 is 5.11 Å². The van der Waals surface area contributed by atoms with Crippen LogP contribution in [0.25, 0.3) is 31.7 Å². The number of rotatable bonds is 2. The van der Waals surface area contributed by atoms with Crippen molar-refractivity contribution in [3.05, 3.63) is 70.6 Å². The Bertz CT molecular complexity index is 1140. The van der Waals surface area contributed by atoms with E-state index in [-0.39, 0.29) is 11.3 Å². The van der Waals surface area contributed by atoms with Gasteiger partial charge in [0, 0.05) is 27.6 Å². The monoisotopic (exact) mass is 348 g/mol. The molecule has 1 N–H and O–H groups in total. The topological polar surface area (TPSA) is 55.1 Å². The van der Waals surface area contributed by atoms with Gasteiger partial charge in [-0.2, -0.15) is 5.10 Å². The van der Waals surface area contributed by atoms with Crippen LogP contribution >= 0.6 is 11.3 Å². The Balaban J connectivity index is 2.18. The summed E-state index contributed by atoms with van der Waals surface area (Å²) in [4.78, 5) is 13.8. The van der Waals surface area contributed by atoms with E-state index in [0.717, 1.165) is 26.1 Å². The number of aromatic nitrogens is 2. The van der Waals surface area contributed by atoms with Crippen LogP contribution in [-0.4, -0.2) is 14.9 Å². The highest BCUT2D eigenvalue weighted by atomic mass is 32.1. The number of aromatic hydroxyl groups is 1. The Hall–Kier alpha value is -2.92. The molecule has 0 atom stereocenters. The molecule has 0 aliphatic heterocycles. The molecule has 0 radical (unpaired) electrons. The molecule has 0 aliphatic rings. The minimum Gasteiger partial charge on any atom is -0.505 e. The molecule has 4 aromatic rings. The fourth-order valence-corrected chi connectivity index (χ4v) is 4.29. The van der Waals surface area contributed by atoms with E-state index in [0.29, 0.717) is 11.3 Å². The number of hydrogen-bond acceptors (Lipinski definition) is 4. The Morgan fingerprint density at radius 3 is 2.44 bits per heavy atom. The first-order valence-corrected chi connectivity index (χ1v) is 8.73. The van der Waals surface area contributed by atoms with E-state index in [4.69, 9.17) is 0 Å². The second-order valence-electron chi connectivity index (χ2n) is 5.91. The van der Waals surface area contributed by atoms with Crippen molar-refractivity contribution in [3.63, 3.8) is 0 Å². The number of aryl methyl sites for hydroxylation is 2. The zero-order chi connectivity index (χ0) is 17.6. The molecular weight excluding hydrogens is 332 g/mol. The standard InChI is InChI=1S/C20H16N2O2S/c1-12-18(23)17(20(24)22(2)21-12)16-14-10-6-7-11-15(14)25-19(16)13-8-4-3-5-9-13/h3-11,23H,1-2H3. The summed E-state index contributed by atoms with van der Waals surface area (Å²) >= 11 is 1.62. The van der Waals surface area contributed by atoms with Gasteiger partial charge < -0.3 is 5.11 Å². The molecule has 0 saturated heterocycles. The minimum atomic E-state index is -0.302. The molecule has 0 amide bonds. The van der Waals surface area contributed by atoms with Crippen molar-refractivity contribution in [2.24, 2.45) is 7.05 Å². The Labute approximate surface area is 148 Å². The molecule has 0 bridgehead atoms. The quantitative estimate of drug-likeness (QED) is 0.586. The van der Waals surface area contributed by atoms with Gasteiger partial charge in [-0.3, -0.25) is 4.79 Å². The molecule has 0 unspecified atom stereocenters. The lowest BCUT2D eigenvalue weighted by molar-refractivity contribution is 0.460. The highest BCUT2D eigenvalue weighted by molar-refractivity contribution is 7.23. The van der Waals surface area contributed by atoms with E-state index in [1.165, 1.54) is 4.68 Å². The first-order valence-electron chi connectivity index (χ1n) is 7.92. The lowest BCUT2D eigenvalue weighted by atomic mass is 9.99. The summed E-state index contributed by atoms with van der Waals surface area (Å²) in [6.07, 6.45) is 0. The van der Waals surface area contributed by atoms with Gasteiger partial charge in [-0.25, -0.2) is 4.68 Å². The van der Waals surface area contributed by atoms with E-state index in [1.807, 2.05) is 54.6 Å². The van der Waals surface area contributed by atoms with Gasteiger partial charge in [0.25, 0.3) is 5.56 Å². The van der Waals surface area contributed by atoms with E-state index in [1.54, 1.807) is 25.3 Å². The predicted molar refractivity (Wildman–Crippen MR) is 102 cm³/mol. The molecule has 0 spiro atoms. The number of hydrogen-bond donors (Lipinski definition) is 1. The van der Waals surface area contributed by atoms with Crippen LogP contribution in [0.1, 0.15) is 5.69 Å². The fourth-order valence-electron chi connectivity index (χ4n) is 3.07. The van der Waals surface area contributed by atoms with Crippen LogP contribution in [0, 0.1) is 6.92 Å². The van der Waals surface area contributed by atoms with Gasteiger partial charge in [-0.05, 0) is 18.6 Å². The summed E-state index contributed by atoms with van der Waals surface area (Å²) in [5.41, 5.74) is 2.24. The van der Waals surface area contributed by atoms with Gasteiger partial charge in [0.05, 0.1) is 5.56 Å². The van der Waals surface area contributed by atoms with E-state index >= 15 is 0 Å². The number of thiophene rings is 1. The maximum atomic E-state index is 12.8. The molecule has 5 heteroatoms. The van der Waals surface area contributed by atoms with Crippen LogP contribution in [0.2, 0.25) is 0 Å². The third-order valence-electron chi connectivity index (χ3n) is 4.27. The number of nitrogens with zero attached hydrogens (tertiary/aromatic N) is 2. The normalized spacial score (nSPS) is 11.1. The van der Waals surface area contributed by atoms with Gasteiger partial charge in [0.2, 0.25) is 0 Å². The highest BCUT2D eigenvalue weighted by Gasteiger charge is 2.23. The molecule has 124 valence electrons. The van der Waals surface area contributed by atoms with Crippen LogP contribution in [0.3, 0.4) is 0 Å². The molecule has 25 heavy (non-hydrogen) atoms. The zero-order valence-corrected chi connectivity index (χ0v) is 14.7. The predicted octanol–water partition coefficient (Wildman–Crippen LogP) is 4.34. The highest BCUT2D eigenvalue weighted by Crippen LogP contribution is 2.46. The molecule has 0 fully saturated rings. The van der Waals surface area contributed by atoms with Crippen LogP contribution in [0.15, 0.2) is 59.4 Å². The number of benzene rings is 2. The van der Waals surface area contributed by atoms with Crippen molar-refractivity contribution in [1.82, 2.24) is 9.78 Å². The number of fused-ring (bicyclic) bond motifs is 1. The molecular formula is C20H16N2O2S. The SMILES string of the molecule is Cc1nn(C)c(=O)c(-c2c(-c3ccccc3)sc3ccccc23)c1O. The Morgan fingerprint density at radius 2 is 1.68 bits per heavy atom. The van der Waals surface area contributed by atoms with E-state index in [2.05, 4.69) is 5.10 Å². The van der Waals surface area contributed by atoms with Crippen LogP contribution in [-0.2, 0) is 7.05 Å². The summed E-state index contributed by atoms with van der Waals surface area (Å²) < 4.78 is 2.36. The van der Waals surface area contributed by atoms with Crippen molar-refractivity contribution in [2.75, 3.05) is 0 Å². The van der Waals surface area contributed by atoms with Crippen molar-refractivity contribution in [2.45, 2.75) is 6.92 Å². The van der Waals surface area contributed by atoms with Crippen molar-refractivity contribution >= 4 is 21.4 Å². The Morgan fingerprint density at radius 1 is 1.00 bits per heavy atom. The summed E-state index contributed by atoms with van der Waals surface area (Å²) in [7, 11) is 1.61. The third-order valence-corrected chi connectivity index (χ3v) is 5.49. The maximum absolute atomic E-state index is 12.8. The van der Waals surface area contributed by atoms with Gasteiger partial charge in [-0.1, -0.05) is 48.5 Å². The molecule has 2 heterocycles. The fraction of sp³-hybridized carbons (Fsp3) is 0.100.